The Kier molecular flexibility index (Phi) is 3.76. The Balaban J connectivity index is 1.74. The number of aliphatic hydroxyl groups is 1. The van der Waals surface area contributed by atoms with Gasteiger partial charge in [-0.05, 0) is 13.8 Å². The molecule has 0 bridgehead atoms. The third-order valence-corrected chi connectivity index (χ3v) is 2.84. The van der Waals surface area contributed by atoms with Crippen LogP contribution in [-0.2, 0) is 6.54 Å². The largest absolute Gasteiger partial charge is 0.389 e. The van der Waals surface area contributed by atoms with E-state index in [-0.39, 0.29) is 0 Å². The molecule has 0 radical (unpaired) electrons. The summed E-state index contributed by atoms with van der Waals surface area (Å²) in [5, 5.41) is 13.3. The van der Waals surface area contributed by atoms with Crippen LogP contribution in [0.15, 0.2) is 10.9 Å². The second kappa shape index (κ2) is 5.12. The number of aromatic nitrogens is 2. The average molecular weight is 240 g/mol. The summed E-state index contributed by atoms with van der Waals surface area (Å²) >= 11 is 0. The highest BCUT2D eigenvalue weighted by Gasteiger charge is 2.23. The average Bonchev–Trinajstić information content (AvgIpc) is 2.71. The summed E-state index contributed by atoms with van der Waals surface area (Å²) in [6, 6.07) is 0. The lowest BCUT2D eigenvalue weighted by molar-refractivity contribution is 0.0153. The topological polar surface area (TPSA) is 65.6 Å². The molecule has 1 aliphatic heterocycles. The van der Waals surface area contributed by atoms with Crippen LogP contribution in [-0.4, -0.2) is 63.4 Å². The molecule has 0 aromatic carbocycles. The van der Waals surface area contributed by atoms with Crippen LogP contribution in [0.1, 0.15) is 19.7 Å². The lowest BCUT2D eigenvalue weighted by atomic mass is 10.1. The number of hydrogen-bond donors (Lipinski definition) is 1. The van der Waals surface area contributed by atoms with E-state index in [1.807, 2.05) is 13.8 Å². The number of hydrogen-bond acceptors (Lipinski definition) is 6. The molecule has 96 valence electrons. The molecule has 0 atom stereocenters. The molecule has 0 amide bonds. The Hall–Kier alpha value is -0.980. The normalized spacial score (nSPS) is 19.7. The number of β-amino-alcohol motifs (C(OH)–C–C–N with tert-alkyl or cyclic N) is 1. The summed E-state index contributed by atoms with van der Waals surface area (Å²) in [4.78, 5) is 8.58. The molecular formula is C11H20N4O2. The lowest BCUT2D eigenvalue weighted by Gasteiger charge is -2.36. The maximum atomic E-state index is 9.75. The third kappa shape index (κ3) is 4.07. The van der Waals surface area contributed by atoms with E-state index in [1.165, 1.54) is 6.33 Å². The van der Waals surface area contributed by atoms with Crippen molar-refractivity contribution in [3.63, 3.8) is 0 Å². The fourth-order valence-electron chi connectivity index (χ4n) is 2.11. The van der Waals surface area contributed by atoms with Gasteiger partial charge in [0.05, 0.1) is 12.1 Å². The van der Waals surface area contributed by atoms with Crippen LogP contribution in [0.3, 0.4) is 0 Å². The maximum Gasteiger partial charge on any atom is 0.240 e. The third-order valence-electron chi connectivity index (χ3n) is 2.84. The SMILES string of the molecule is CC(C)(O)CN1CCN(Cc2ncno2)CC1. The summed E-state index contributed by atoms with van der Waals surface area (Å²) in [5.41, 5.74) is -0.616. The van der Waals surface area contributed by atoms with Crippen LogP contribution in [0.4, 0.5) is 0 Å². The molecule has 1 aromatic heterocycles. The lowest BCUT2D eigenvalue weighted by Crippen LogP contribution is -2.50. The first kappa shape index (κ1) is 12.5. The fraction of sp³-hybridized carbons (Fsp3) is 0.818. The quantitative estimate of drug-likeness (QED) is 0.796. The Morgan fingerprint density at radius 1 is 1.29 bits per heavy atom. The van der Waals surface area contributed by atoms with Crippen LogP contribution in [0, 0.1) is 0 Å². The number of piperazine rings is 1. The van der Waals surface area contributed by atoms with Crippen molar-refractivity contribution >= 4 is 0 Å². The molecule has 6 nitrogen and oxygen atoms in total. The zero-order chi connectivity index (χ0) is 12.3. The van der Waals surface area contributed by atoms with Gasteiger partial charge in [-0.1, -0.05) is 5.16 Å². The van der Waals surface area contributed by atoms with E-state index in [4.69, 9.17) is 4.52 Å². The van der Waals surface area contributed by atoms with Gasteiger partial charge in [0.25, 0.3) is 0 Å². The molecule has 0 saturated carbocycles. The van der Waals surface area contributed by atoms with E-state index < -0.39 is 5.60 Å². The van der Waals surface area contributed by atoms with Gasteiger partial charge in [-0.15, -0.1) is 0 Å². The van der Waals surface area contributed by atoms with Crippen LogP contribution in [0.2, 0.25) is 0 Å². The predicted octanol–water partition coefficient (Wildman–Crippen LogP) is -0.0419. The van der Waals surface area contributed by atoms with Gasteiger partial charge in [0, 0.05) is 32.7 Å². The Morgan fingerprint density at radius 2 is 1.94 bits per heavy atom. The predicted molar refractivity (Wildman–Crippen MR) is 62.3 cm³/mol. The molecule has 0 unspecified atom stereocenters. The Morgan fingerprint density at radius 3 is 2.47 bits per heavy atom. The maximum absolute atomic E-state index is 9.75. The summed E-state index contributed by atoms with van der Waals surface area (Å²) in [6.45, 7) is 9.01. The van der Waals surface area contributed by atoms with Crippen LogP contribution in [0.5, 0.6) is 0 Å². The van der Waals surface area contributed by atoms with Crippen molar-refractivity contribution in [3.8, 4) is 0 Å². The molecule has 1 saturated heterocycles. The van der Waals surface area contributed by atoms with Gasteiger partial charge in [-0.3, -0.25) is 9.80 Å². The molecular weight excluding hydrogens is 220 g/mol. The molecule has 1 aromatic rings. The molecule has 17 heavy (non-hydrogen) atoms. The van der Waals surface area contributed by atoms with Crippen molar-refractivity contribution in [1.29, 1.82) is 0 Å². The van der Waals surface area contributed by atoms with Gasteiger partial charge in [0.1, 0.15) is 0 Å². The fourth-order valence-corrected chi connectivity index (χ4v) is 2.11. The second-order valence-corrected chi connectivity index (χ2v) is 5.20. The molecule has 2 rings (SSSR count). The number of rotatable bonds is 4. The van der Waals surface area contributed by atoms with Gasteiger partial charge < -0.3 is 9.63 Å². The van der Waals surface area contributed by atoms with Gasteiger partial charge in [0.15, 0.2) is 6.33 Å². The molecule has 0 spiro atoms. The first-order valence-electron chi connectivity index (χ1n) is 5.95. The van der Waals surface area contributed by atoms with Crippen molar-refractivity contribution in [2.75, 3.05) is 32.7 Å². The molecule has 1 N–H and O–H groups in total. The summed E-state index contributed by atoms with van der Waals surface area (Å²) in [5.74, 6) is 0.668. The highest BCUT2D eigenvalue weighted by molar-refractivity contribution is 4.81. The monoisotopic (exact) mass is 240 g/mol. The molecule has 1 fully saturated rings. The highest BCUT2D eigenvalue weighted by Crippen LogP contribution is 2.10. The minimum absolute atomic E-state index is 0.616. The zero-order valence-electron chi connectivity index (χ0n) is 10.5. The Labute approximate surface area is 101 Å². The van der Waals surface area contributed by atoms with Gasteiger partial charge >= 0.3 is 0 Å². The Bertz CT molecular complexity index is 326. The van der Waals surface area contributed by atoms with Crippen molar-refractivity contribution < 1.29 is 9.63 Å². The summed E-state index contributed by atoms with van der Waals surface area (Å²) < 4.78 is 4.99. The van der Waals surface area contributed by atoms with Crippen molar-refractivity contribution in [2.45, 2.75) is 26.0 Å². The van der Waals surface area contributed by atoms with E-state index in [1.54, 1.807) is 0 Å². The van der Waals surface area contributed by atoms with Gasteiger partial charge in [0.2, 0.25) is 5.89 Å². The summed E-state index contributed by atoms with van der Waals surface area (Å²) in [6.07, 6.45) is 1.43. The number of nitrogens with zero attached hydrogens (tertiary/aromatic N) is 4. The second-order valence-electron chi connectivity index (χ2n) is 5.20. The van der Waals surface area contributed by atoms with Gasteiger partial charge in [-0.25, -0.2) is 0 Å². The summed E-state index contributed by atoms with van der Waals surface area (Å²) in [7, 11) is 0. The van der Waals surface area contributed by atoms with Crippen molar-refractivity contribution in [3.05, 3.63) is 12.2 Å². The highest BCUT2D eigenvalue weighted by atomic mass is 16.5. The molecule has 0 aliphatic carbocycles. The van der Waals surface area contributed by atoms with E-state index in [2.05, 4.69) is 19.9 Å². The van der Waals surface area contributed by atoms with Crippen LogP contribution >= 0.6 is 0 Å². The van der Waals surface area contributed by atoms with Crippen molar-refractivity contribution in [1.82, 2.24) is 19.9 Å². The van der Waals surface area contributed by atoms with Crippen molar-refractivity contribution in [2.24, 2.45) is 0 Å². The van der Waals surface area contributed by atoms with Crippen LogP contribution < -0.4 is 0 Å². The zero-order valence-corrected chi connectivity index (χ0v) is 10.5. The van der Waals surface area contributed by atoms with E-state index in [0.717, 1.165) is 39.3 Å². The van der Waals surface area contributed by atoms with Crippen LogP contribution in [0.25, 0.3) is 0 Å². The smallest absolute Gasteiger partial charge is 0.240 e. The van der Waals surface area contributed by atoms with Gasteiger partial charge in [-0.2, -0.15) is 4.98 Å². The molecule has 1 aliphatic rings. The minimum Gasteiger partial charge on any atom is -0.389 e. The van der Waals surface area contributed by atoms with E-state index in [9.17, 15) is 5.11 Å². The molecule has 6 heteroatoms. The van der Waals surface area contributed by atoms with E-state index in [0.29, 0.717) is 5.89 Å². The minimum atomic E-state index is -0.616. The first-order chi connectivity index (χ1) is 8.03. The molecule has 2 heterocycles. The standard InChI is InChI=1S/C11H20N4O2/c1-11(2,16)8-15-5-3-14(4-6-15)7-10-12-9-13-17-10/h9,16H,3-8H2,1-2H3. The van der Waals surface area contributed by atoms with E-state index >= 15 is 0 Å². The first-order valence-corrected chi connectivity index (χ1v) is 5.95.